The van der Waals surface area contributed by atoms with Crippen LogP contribution in [0.15, 0.2) is 18.2 Å². The Morgan fingerprint density at radius 2 is 2.06 bits per heavy atom. The fraction of sp³-hybridized carbons (Fsp3) is 0.571. The lowest BCUT2D eigenvalue weighted by Gasteiger charge is -2.18. The summed E-state index contributed by atoms with van der Waals surface area (Å²) in [6.45, 7) is 6.22. The number of anilines is 1. The van der Waals surface area contributed by atoms with Crippen molar-refractivity contribution >= 4 is 5.69 Å². The van der Waals surface area contributed by atoms with Crippen LogP contribution in [0.1, 0.15) is 45.1 Å². The van der Waals surface area contributed by atoms with Gasteiger partial charge in [0.15, 0.2) is 0 Å². The van der Waals surface area contributed by atoms with Crippen LogP contribution < -0.4 is 5.32 Å². The highest BCUT2D eigenvalue weighted by molar-refractivity contribution is 5.46. The van der Waals surface area contributed by atoms with Crippen LogP contribution in [0.25, 0.3) is 0 Å². The van der Waals surface area contributed by atoms with Gasteiger partial charge in [-0.3, -0.25) is 0 Å². The molecule has 90 valence electrons. The van der Waals surface area contributed by atoms with Crippen molar-refractivity contribution in [2.24, 2.45) is 0 Å². The number of aryl methyl sites for hydroxylation is 1. The van der Waals surface area contributed by atoms with E-state index in [9.17, 15) is 4.39 Å². The second-order valence-electron chi connectivity index (χ2n) is 4.38. The van der Waals surface area contributed by atoms with Gasteiger partial charge in [-0.15, -0.1) is 0 Å². The van der Waals surface area contributed by atoms with E-state index < -0.39 is 0 Å². The van der Waals surface area contributed by atoms with Gasteiger partial charge in [-0.25, -0.2) is 4.39 Å². The summed E-state index contributed by atoms with van der Waals surface area (Å²) in [4.78, 5) is 0. The standard InChI is InChI=1S/C14H22FN/c1-4-6-7-12(5-2)16-14-9-8-11(3)10-13(14)15/h8-10,12,16H,4-7H2,1-3H3. The Morgan fingerprint density at radius 3 is 2.62 bits per heavy atom. The van der Waals surface area contributed by atoms with Gasteiger partial charge in [-0.2, -0.15) is 0 Å². The Balaban J connectivity index is 2.62. The number of unbranched alkanes of at least 4 members (excludes halogenated alkanes) is 1. The Morgan fingerprint density at radius 1 is 1.31 bits per heavy atom. The molecule has 0 spiro atoms. The topological polar surface area (TPSA) is 12.0 Å². The maximum absolute atomic E-state index is 13.6. The molecule has 0 radical (unpaired) electrons. The van der Waals surface area contributed by atoms with Crippen LogP contribution >= 0.6 is 0 Å². The average molecular weight is 223 g/mol. The zero-order valence-corrected chi connectivity index (χ0v) is 10.5. The molecule has 1 N–H and O–H groups in total. The predicted octanol–water partition coefficient (Wildman–Crippen LogP) is 4.51. The summed E-state index contributed by atoms with van der Waals surface area (Å²) in [5.74, 6) is -0.144. The first-order chi connectivity index (χ1) is 7.67. The predicted molar refractivity (Wildman–Crippen MR) is 68.4 cm³/mol. The summed E-state index contributed by atoms with van der Waals surface area (Å²) >= 11 is 0. The maximum atomic E-state index is 13.6. The normalized spacial score (nSPS) is 12.5. The van der Waals surface area contributed by atoms with E-state index in [-0.39, 0.29) is 5.82 Å². The van der Waals surface area contributed by atoms with Gasteiger partial charge in [0.1, 0.15) is 5.82 Å². The number of halogens is 1. The third kappa shape index (κ3) is 3.84. The lowest BCUT2D eigenvalue weighted by molar-refractivity contribution is 0.580. The number of hydrogen-bond acceptors (Lipinski definition) is 1. The lowest BCUT2D eigenvalue weighted by Crippen LogP contribution is -2.19. The third-order valence-electron chi connectivity index (χ3n) is 2.88. The Kier molecular flexibility index (Phi) is 5.30. The van der Waals surface area contributed by atoms with Crippen LogP contribution in [-0.2, 0) is 0 Å². The van der Waals surface area contributed by atoms with Gasteiger partial charge in [-0.05, 0) is 37.5 Å². The number of nitrogens with one attached hydrogen (secondary N) is 1. The van der Waals surface area contributed by atoms with E-state index in [1.807, 2.05) is 19.1 Å². The summed E-state index contributed by atoms with van der Waals surface area (Å²) < 4.78 is 13.6. The van der Waals surface area contributed by atoms with E-state index in [2.05, 4.69) is 19.2 Å². The Hall–Kier alpha value is -1.05. The van der Waals surface area contributed by atoms with Crippen LogP contribution in [0.2, 0.25) is 0 Å². The molecule has 0 aliphatic carbocycles. The smallest absolute Gasteiger partial charge is 0.146 e. The van der Waals surface area contributed by atoms with Gasteiger partial charge in [0, 0.05) is 6.04 Å². The summed E-state index contributed by atoms with van der Waals surface area (Å²) in [6, 6.07) is 5.74. The first-order valence-electron chi connectivity index (χ1n) is 6.20. The molecule has 1 atom stereocenters. The molecule has 1 unspecified atom stereocenters. The van der Waals surface area contributed by atoms with Crippen molar-refractivity contribution in [2.45, 2.75) is 52.5 Å². The highest BCUT2D eigenvalue weighted by Gasteiger charge is 2.08. The second-order valence-corrected chi connectivity index (χ2v) is 4.38. The molecule has 16 heavy (non-hydrogen) atoms. The maximum Gasteiger partial charge on any atom is 0.146 e. The first-order valence-corrected chi connectivity index (χ1v) is 6.20. The van der Waals surface area contributed by atoms with Crippen LogP contribution in [0.4, 0.5) is 10.1 Å². The van der Waals surface area contributed by atoms with Gasteiger partial charge >= 0.3 is 0 Å². The largest absolute Gasteiger partial charge is 0.380 e. The van der Waals surface area contributed by atoms with Crippen molar-refractivity contribution < 1.29 is 4.39 Å². The van der Waals surface area contributed by atoms with E-state index in [0.717, 1.165) is 18.4 Å². The van der Waals surface area contributed by atoms with Gasteiger partial charge in [0.25, 0.3) is 0 Å². The monoisotopic (exact) mass is 223 g/mol. The molecule has 0 aliphatic heterocycles. The van der Waals surface area contributed by atoms with Crippen molar-refractivity contribution in [3.8, 4) is 0 Å². The van der Waals surface area contributed by atoms with Crippen molar-refractivity contribution in [2.75, 3.05) is 5.32 Å². The van der Waals surface area contributed by atoms with Crippen LogP contribution in [0.3, 0.4) is 0 Å². The molecule has 0 aromatic heterocycles. The SMILES string of the molecule is CCCCC(CC)Nc1ccc(C)cc1F. The third-order valence-corrected chi connectivity index (χ3v) is 2.88. The van der Waals surface area contributed by atoms with Gasteiger partial charge in [0.2, 0.25) is 0 Å². The molecule has 0 aliphatic rings. The number of rotatable bonds is 6. The van der Waals surface area contributed by atoms with Crippen molar-refractivity contribution in [3.63, 3.8) is 0 Å². The van der Waals surface area contributed by atoms with Crippen molar-refractivity contribution in [1.29, 1.82) is 0 Å². The second kappa shape index (κ2) is 6.51. The minimum atomic E-state index is -0.144. The number of benzene rings is 1. The minimum absolute atomic E-state index is 0.144. The molecule has 1 rings (SSSR count). The van der Waals surface area contributed by atoms with Gasteiger partial charge < -0.3 is 5.32 Å². The molecule has 2 heteroatoms. The zero-order chi connectivity index (χ0) is 12.0. The van der Waals surface area contributed by atoms with Crippen LogP contribution in [0, 0.1) is 12.7 Å². The molecular formula is C14H22FN. The molecule has 1 nitrogen and oxygen atoms in total. The average Bonchev–Trinajstić information content (AvgIpc) is 2.27. The van der Waals surface area contributed by atoms with Crippen LogP contribution in [0.5, 0.6) is 0 Å². The molecule has 1 aromatic rings. The Labute approximate surface area is 98.1 Å². The van der Waals surface area contributed by atoms with E-state index in [0.29, 0.717) is 11.7 Å². The summed E-state index contributed by atoms with van der Waals surface area (Å²) in [5, 5.41) is 3.28. The van der Waals surface area contributed by atoms with E-state index in [4.69, 9.17) is 0 Å². The fourth-order valence-electron chi connectivity index (χ4n) is 1.79. The van der Waals surface area contributed by atoms with Gasteiger partial charge in [-0.1, -0.05) is 32.8 Å². The Bertz CT molecular complexity index is 323. The molecule has 1 aromatic carbocycles. The zero-order valence-electron chi connectivity index (χ0n) is 10.5. The van der Waals surface area contributed by atoms with E-state index >= 15 is 0 Å². The summed E-state index contributed by atoms with van der Waals surface area (Å²) in [6.07, 6.45) is 4.53. The highest BCUT2D eigenvalue weighted by atomic mass is 19.1. The van der Waals surface area contributed by atoms with Crippen LogP contribution in [-0.4, -0.2) is 6.04 Å². The minimum Gasteiger partial charge on any atom is -0.380 e. The molecule has 0 amide bonds. The fourth-order valence-corrected chi connectivity index (χ4v) is 1.79. The summed E-state index contributed by atoms with van der Waals surface area (Å²) in [7, 11) is 0. The first kappa shape index (κ1) is 13.0. The van der Waals surface area contributed by atoms with Crippen molar-refractivity contribution in [3.05, 3.63) is 29.6 Å². The summed E-state index contributed by atoms with van der Waals surface area (Å²) in [5.41, 5.74) is 1.60. The number of hydrogen-bond donors (Lipinski definition) is 1. The highest BCUT2D eigenvalue weighted by Crippen LogP contribution is 2.18. The molecule has 0 bridgehead atoms. The molecule has 0 heterocycles. The van der Waals surface area contributed by atoms with Gasteiger partial charge in [0.05, 0.1) is 5.69 Å². The molecule has 0 saturated carbocycles. The molecular weight excluding hydrogens is 201 g/mol. The molecule has 0 saturated heterocycles. The molecule has 0 fully saturated rings. The van der Waals surface area contributed by atoms with E-state index in [1.165, 1.54) is 12.8 Å². The van der Waals surface area contributed by atoms with E-state index in [1.54, 1.807) is 6.07 Å². The van der Waals surface area contributed by atoms with Crippen molar-refractivity contribution in [1.82, 2.24) is 0 Å². The quantitative estimate of drug-likeness (QED) is 0.748. The lowest BCUT2D eigenvalue weighted by atomic mass is 10.1.